The quantitative estimate of drug-likeness (QED) is 0.256. The lowest BCUT2D eigenvalue weighted by Gasteiger charge is -2.35. The normalized spacial score (nSPS) is 19.4. The Labute approximate surface area is 321 Å². The third kappa shape index (κ3) is 10.3. The van der Waals surface area contributed by atoms with Crippen LogP contribution in [0.2, 0.25) is 0 Å². The van der Waals surface area contributed by atoms with E-state index in [0.29, 0.717) is 37.6 Å². The van der Waals surface area contributed by atoms with E-state index in [4.69, 9.17) is 14.2 Å². The molecule has 0 bridgehead atoms. The molecule has 4 fully saturated rings. The van der Waals surface area contributed by atoms with Crippen molar-refractivity contribution in [2.24, 2.45) is 5.92 Å². The highest BCUT2D eigenvalue weighted by Crippen LogP contribution is 2.26. The van der Waals surface area contributed by atoms with Crippen LogP contribution < -0.4 is 15.4 Å². The molecule has 0 spiro atoms. The largest absolute Gasteiger partial charge is 0.467 e. The van der Waals surface area contributed by atoms with Crippen LogP contribution in [0.5, 0.6) is 5.88 Å². The number of carbonyl (C=O) groups excluding carboxylic acids is 6. The molecule has 2 atom stereocenters. The second kappa shape index (κ2) is 18.9. The molecular formula is C39H53N7O9. The van der Waals surface area contributed by atoms with Gasteiger partial charge in [-0.05, 0) is 76.3 Å². The van der Waals surface area contributed by atoms with Crippen LogP contribution in [0, 0.1) is 5.92 Å². The van der Waals surface area contributed by atoms with Gasteiger partial charge in [0.15, 0.2) is 12.3 Å². The summed E-state index contributed by atoms with van der Waals surface area (Å²) in [5, 5.41) is 10.3. The molecule has 2 aliphatic carbocycles. The first-order valence-corrected chi connectivity index (χ1v) is 19.7. The summed E-state index contributed by atoms with van der Waals surface area (Å²) in [5.74, 6) is -1.56. The highest BCUT2D eigenvalue weighted by Gasteiger charge is 2.36. The van der Waals surface area contributed by atoms with Gasteiger partial charge in [-0.25, -0.2) is 9.48 Å². The van der Waals surface area contributed by atoms with Crippen LogP contribution >= 0.6 is 0 Å². The van der Waals surface area contributed by atoms with Crippen molar-refractivity contribution in [1.29, 1.82) is 0 Å². The monoisotopic (exact) mass is 763 g/mol. The summed E-state index contributed by atoms with van der Waals surface area (Å²) in [4.78, 5) is 83.8. The SMILES string of the molecule is CCOC(=O)N1CCN(C(=O)[C@H](CCC(=O)OCC2CCCC2)NC(=O)c2cc(OCC(=O)N3CCC[C@H]3C(=O)NC3CCC3)n(-c3ccccc3)n2)CC1. The summed E-state index contributed by atoms with van der Waals surface area (Å²) >= 11 is 0. The van der Waals surface area contributed by atoms with Crippen LogP contribution in [0.3, 0.4) is 0 Å². The lowest BCUT2D eigenvalue weighted by molar-refractivity contribution is -0.145. The molecule has 1 aromatic carbocycles. The number of rotatable bonds is 15. The molecule has 16 nitrogen and oxygen atoms in total. The maximum Gasteiger partial charge on any atom is 0.409 e. The molecule has 55 heavy (non-hydrogen) atoms. The maximum absolute atomic E-state index is 13.9. The maximum atomic E-state index is 13.9. The Hall–Kier alpha value is -5.15. The molecule has 4 aliphatic rings. The number of hydrogen-bond donors (Lipinski definition) is 2. The molecular weight excluding hydrogens is 710 g/mol. The molecule has 6 rings (SSSR count). The smallest absolute Gasteiger partial charge is 0.409 e. The first kappa shape index (κ1) is 39.5. The molecule has 1 aromatic heterocycles. The van der Waals surface area contributed by atoms with Gasteiger partial charge in [-0.15, -0.1) is 0 Å². The summed E-state index contributed by atoms with van der Waals surface area (Å²) in [7, 11) is 0. The summed E-state index contributed by atoms with van der Waals surface area (Å²) < 4.78 is 18.0. The van der Waals surface area contributed by atoms with Crippen molar-refractivity contribution in [2.45, 2.75) is 95.7 Å². The summed E-state index contributed by atoms with van der Waals surface area (Å²) in [6.45, 7) is 3.35. The molecule has 0 unspecified atom stereocenters. The molecule has 2 aromatic rings. The zero-order valence-corrected chi connectivity index (χ0v) is 31.6. The summed E-state index contributed by atoms with van der Waals surface area (Å²) in [5.41, 5.74) is 0.499. The first-order chi connectivity index (χ1) is 26.7. The van der Waals surface area contributed by atoms with Crippen LogP contribution in [0.15, 0.2) is 36.4 Å². The number of nitrogens with zero attached hydrogens (tertiary/aromatic N) is 5. The van der Waals surface area contributed by atoms with Gasteiger partial charge >= 0.3 is 12.1 Å². The van der Waals surface area contributed by atoms with E-state index >= 15 is 0 Å². The van der Waals surface area contributed by atoms with Gasteiger partial charge in [-0.1, -0.05) is 31.0 Å². The second-order valence-electron chi connectivity index (χ2n) is 14.7. The minimum atomic E-state index is -1.09. The van der Waals surface area contributed by atoms with Gasteiger partial charge in [0, 0.05) is 51.3 Å². The number of aromatic nitrogens is 2. The number of benzene rings is 1. The predicted octanol–water partition coefficient (Wildman–Crippen LogP) is 2.82. The van der Waals surface area contributed by atoms with Crippen molar-refractivity contribution in [3.8, 4) is 11.6 Å². The van der Waals surface area contributed by atoms with Crippen molar-refractivity contribution in [3.63, 3.8) is 0 Å². The molecule has 2 saturated carbocycles. The van der Waals surface area contributed by atoms with Crippen LogP contribution in [0.25, 0.3) is 5.69 Å². The molecule has 0 radical (unpaired) electrons. The van der Waals surface area contributed by atoms with Crippen molar-refractivity contribution < 1.29 is 43.0 Å². The van der Waals surface area contributed by atoms with Crippen LogP contribution in [-0.4, -0.2) is 131 Å². The van der Waals surface area contributed by atoms with E-state index in [1.807, 2.05) is 6.07 Å². The van der Waals surface area contributed by atoms with Gasteiger partial charge in [0.1, 0.15) is 12.1 Å². The molecule has 5 amide bonds. The number of hydrogen-bond acceptors (Lipinski definition) is 10. The van der Waals surface area contributed by atoms with Crippen LogP contribution in [0.1, 0.15) is 88.0 Å². The molecule has 3 heterocycles. The van der Waals surface area contributed by atoms with E-state index in [1.54, 1.807) is 41.0 Å². The van der Waals surface area contributed by atoms with E-state index in [9.17, 15) is 28.8 Å². The third-order valence-corrected chi connectivity index (χ3v) is 10.9. The molecule has 2 aliphatic heterocycles. The molecule has 2 N–H and O–H groups in total. The summed E-state index contributed by atoms with van der Waals surface area (Å²) in [6.07, 6.45) is 8.01. The van der Waals surface area contributed by atoms with Gasteiger partial charge in [0.05, 0.1) is 18.9 Å². The first-order valence-electron chi connectivity index (χ1n) is 19.7. The fraction of sp³-hybridized carbons (Fsp3) is 0.615. The van der Waals surface area contributed by atoms with E-state index in [0.717, 1.165) is 44.9 Å². The topological polar surface area (TPSA) is 182 Å². The number of para-hydroxylation sites is 1. The number of piperazine rings is 1. The lowest BCUT2D eigenvalue weighted by Crippen LogP contribution is -2.56. The minimum Gasteiger partial charge on any atom is -0.467 e. The molecule has 2 saturated heterocycles. The van der Waals surface area contributed by atoms with E-state index in [1.165, 1.54) is 15.6 Å². The Bertz CT molecular complexity index is 1670. The molecule has 16 heteroatoms. The molecule has 298 valence electrons. The fourth-order valence-electron chi connectivity index (χ4n) is 7.49. The van der Waals surface area contributed by atoms with E-state index in [-0.39, 0.29) is 81.7 Å². The Balaban J connectivity index is 1.14. The number of ether oxygens (including phenoxy) is 3. The zero-order chi connectivity index (χ0) is 38.7. The van der Waals surface area contributed by atoms with Gasteiger partial charge < -0.3 is 39.5 Å². The van der Waals surface area contributed by atoms with Crippen molar-refractivity contribution in [2.75, 3.05) is 52.5 Å². The lowest BCUT2D eigenvalue weighted by atomic mass is 9.93. The van der Waals surface area contributed by atoms with Gasteiger partial charge in [-0.3, -0.25) is 24.0 Å². The third-order valence-electron chi connectivity index (χ3n) is 10.9. The van der Waals surface area contributed by atoms with E-state index in [2.05, 4.69) is 15.7 Å². The van der Waals surface area contributed by atoms with Crippen LogP contribution in [0.4, 0.5) is 4.79 Å². The Kier molecular flexibility index (Phi) is 13.6. The average molecular weight is 764 g/mol. The highest BCUT2D eigenvalue weighted by molar-refractivity contribution is 5.96. The average Bonchev–Trinajstić information content (AvgIpc) is 3.98. The number of carbonyl (C=O) groups is 6. The van der Waals surface area contributed by atoms with Gasteiger partial charge in [-0.2, -0.15) is 5.10 Å². The van der Waals surface area contributed by atoms with Crippen LogP contribution in [-0.2, 0) is 28.7 Å². The van der Waals surface area contributed by atoms with Gasteiger partial charge in [0.25, 0.3) is 11.8 Å². The Morgan fingerprint density at radius 1 is 0.855 bits per heavy atom. The number of likely N-dealkylation sites (tertiary alicyclic amines) is 1. The Morgan fingerprint density at radius 3 is 2.27 bits per heavy atom. The van der Waals surface area contributed by atoms with Crippen molar-refractivity contribution in [3.05, 3.63) is 42.1 Å². The number of amides is 5. The predicted molar refractivity (Wildman–Crippen MR) is 198 cm³/mol. The van der Waals surface area contributed by atoms with Crippen molar-refractivity contribution >= 4 is 35.7 Å². The van der Waals surface area contributed by atoms with E-state index < -0.39 is 36.0 Å². The fourth-order valence-corrected chi connectivity index (χ4v) is 7.49. The van der Waals surface area contributed by atoms with Crippen molar-refractivity contribution in [1.82, 2.24) is 35.1 Å². The summed E-state index contributed by atoms with van der Waals surface area (Å²) in [6, 6.07) is 8.87. The Morgan fingerprint density at radius 2 is 1.58 bits per heavy atom. The van der Waals surface area contributed by atoms with Gasteiger partial charge in [0.2, 0.25) is 17.7 Å². The zero-order valence-electron chi connectivity index (χ0n) is 31.6. The number of esters is 1. The standard InChI is InChI=1S/C39H53N7O9/c1-2-53-39(52)44-22-20-43(21-23-44)38(51)30(17-18-35(48)55-25-27-10-6-7-11-27)41-36(49)31-24-34(46(42-31)29-14-4-3-5-15-29)54-26-33(47)45-19-9-16-32(45)37(50)40-28-12-8-13-28/h3-5,14-15,24,27-28,30,32H,2,6-13,16-23,25-26H2,1H3,(H,40,50)(H,41,49)/t30-,32-/m0/s1. The second-order valence-corrected chi connectivity index (χ2v) is 14.7. The minimum absolute atomic E-state index is 0.00522. The number of nitrogens with one attached hydrogen (secondary N) is 2. The highest BCUT2D eigenvalue weighted by atomic mass is 16.6.